The predicted octanol–water partition coefficient (Wildman–Crippen LogP) is 2.41. The van der Waals surface area contributed by atoms with Crippen LogP contribution in [0.25, 0.3) is 0 Å². The van der Waals surface area contributed by atoms with Crippen LogP contribution in [0.5, 0.6) is 11.6 Å². The average molecular weight is 248 g/mol. The number of hydrogen-bond acceptors (Lipinski definition) is 4. The van der Waals surface area contributed by atoms with Gasteiger partial charge in [-0.05, 0) is 25.1 Å². The van der Waals surface area contributed by atoms with Crippen LogP contribution in [0.15, 0.2) is 30.6 Å². The predicted molar refractivity (Wildman–Crippen MR) is 60.2 cm³/mol. The minimum atomic E-state index is -1.31. The number of hydrogen-bond donors (Lipinski definition) is 1. The van der Waals surface area contributed by atoms with E-state index in [0.717, 1.165) is 12.3 Å². The summed E-state index contributed by atoms with van der Waals surface area (Å²) in [4.78, 5) is 18.6. The maximum Gasteiger partial charge on any atom is 0.341 e. The Balaban J connectivity index is 2.41. The largest absolute Gasteiger partial charge is 0.477 e. The Hall–Kier alpha value is -2.50. The van der Waals surface area contributed by atoms with Crippen LogP contribution in [0.3, 0.4) is 0 Å². The Bertz CT molecular complexity index is 602. The van der Waals surface area contributed by atoms with E-state index in [2.05, 4.69) is 9.97 Å². The molecule has 6 heteroatoms. The highest BCUT2D eigenvalue weighted by atomic mass is 19.1. The molecule has 0 amide bonds. The Kier molecular flexibility index (Phi) is 3.18. The van der Waals surface area contributed by atoms with E-state index in [1.165, 1.54) is 0 Å². The molecule has 2 rings (SSSR count). The van der Waals surface area contributed by atoms with Crippen molar-refractivity contribution in [2.75, 3.05) is 0 Å². The second kappa shape index (κ2) is 4.79. The normalized spacial score (nSPS) is 10.1. The first-order valence-electron chi connectivity index (χ1n) is 5.06. The second-order valence-electron chi connectivity index (χ2n) is 3.50. The third-order valence-electron chi connectivity index (χ3n) is 2.21. The van der Waals surface area contributed by atoms with Crippen LogP contribution in [0.4, 0.5) is 4.39 Å². The summed E-state index contributed by atoms with van der Waals surface area (Å²) in [5.74, 6) is -1.83. The monoisotopic (exact) mass is 248 g/mol. The number of ether oxygens (including phenoxy) is 1. The van der Waals surface area contributed by atoms with Gasteiger partial charge in [0.25, 0.3) is 0 Å². The van der Waals surface area contributed by atoms with Gasteiger partial charge in [-0.15, -0.1) is 0 Å². The van der Waals surface area contributed by atoms with E-state index in [1.807, 2.05) is 0 Å². The molecule has 0 spiro atoms. The smallest absolute Gasteiger partial charge is 0.341 e. The molecule has 18 heavy (non-hydrogen) atoms. The molecule has 0 saturated heterocycles. The summed E-state index contributed by atoms with van der Waals surface area (Å²) in [6, 6.07) is 4.13. The number of rotatable bonds is 3. The molecule has 0 aliphatic carbocycles. The summed E-state index contributed by atoms with van der Waals surface area (Å²) < 4.78 is 18.3. The van der Waals surface area contributed by atoms with Gasteiger partial charge in [-0.25, -0.2) is 14.2 Å². The lowest BCUT2D eigenvalue weighted by Gasteiger charge is -2.08. The number of carboxylic acids is 1. The summed E-state index contributed by atoms with van der Waals surface area (Å²) in [6.07, 6.45) is 2.48. The van der Waals surface area contributed by atoms with E-state index >= 15 is 0 Å². The molecule has 0 aromatic carbocycles. The van der Waals surface area contributed by atoms with Crippen molar-refractivity contribution >= 4 is 5.97 Å². The molecule has 2 heterocycles. The molecule has 0 aliphatic rings. The Morgan fingerprint density at radius 3 is 2.89 bits per heavy atom. The van der Waals surface area contributed by atoms with Crippen molar-refractivity contribution in [3.05, 3.63) is 47.7 Å². The molecule has 0 saturated carbocycles. The fraction of sp³-hybridized carbons (Fsp3) is 0.0833. The van der Waals surface area contributed by atoms with Crippen LogP contribution in [-0.4, -0.2) is 21.0 Å². The molecule has 0 fully saturated rings. The highest BCUT2D eigenvalue weighted by molar-refractivity contribution is 5.90. The Labute approximate surface area is 102 Å². The number of carboxylic acid groups (broad SMARTS) is 1. The first-order valence-corrected chi connectivity index (χ1v) is 5.06. The lowest BCUT2D eigenvalue weighted by Crippen LogP contribution is -2.03. The van der Waals surface area contributed by atoms with Crippen LogP contribution in [0, 0.1) is 12.7 Å². The lowest BCUT2D eigenvalue weighted by molar-refractivity contribution is 0.0692. The highest BCUT2D eigenvalue weighted by Crippen LogP contribution is 2.25. The number of aromatic carboxylic acids is 1. The average Bonchev–Trinajstić information content (AvgIpc) is 2.34. The lowest BCUT2D eigenvalue weighted by atomic mass is 10.2. The van der Waals surface area contributed by atoms with Crippen LogP contribution < -0.4 is 4.74 Å². The zero-order chi connectivity index (χ0) is 13.1. The van der Waals surface area contributed by atoms with E-state index in [9.17, 15) is 9.18 Å². The maximum absolute atomic E-state index is 12.9. The van der Waals surface area contributed by atoms with Crippen LogP contribution in [0.1, 0.15) is 16.1 Å². The SMILES string of the molecule is Cc1ncccc1Oc1ncc(F)cc1C(=O)O. The van der Waals surface area contributed by atoms with Crippen molar-refractivity contribution in [1.82, 2.24) is 9.97 Å². The molecule has 92 valence electrons. The van der Waals surface area contributed by atoms with Crippen molar-refractivity contribution in [2.24, 2.45) is 0 Å². The quantitative estimate of drug-likeness (QED) is 0.902. The Morgan fingerprint density at radius 1 is 1.44 bits per heavy atom. The third-order valence-corrected chi connectivity index (χ3v) is 2.21. The van der Waals surface area contributed by atoms with Gasteiger partial charge in [-0.1, -0.05) is 0 Å². The number of halogens is 1. The first-order chi connectivity index (χ1) is 8.58. The standard InChI is InChI=1S/C12H9FN2O3/c1-7-10(3-2-4-14-7)18-11-9(12(16)17)5-8(13)6-15-11/h2-6H,1H3,(H,16,17). The van der Waals surface area contributed by atoms with Crippen molar-refractivity contribution in [3.8, 4) is 11.6 Å². The van der Waals surface area contributed by atoms with Gasteiger partial charge in [0.15, 0.2) is 5.75 Å². The molecular weight excluding hydrogens is 239 g/mol. The first kappa shape index (κ1) is 12.0. The summed E-state index contributed by atoms with van der Waals surface area (Å²) in [6.45, 7) is 1.71. The molecule has 1 N–H and O–H groups in total. The second-order valence-corrected chi connectivity index (χ2v) is 3.50. The van der Waals surface area contributed by atoms with Crippen molar-refractivity contribution in [2.45, 2.75) is 6.92 Å². The zero-order valence-corrected chi connectivity index (χ0v) is 9.42. The summed E-state index contributed by atoms with van der Waals surface area (Å²) in [5.41, 5.74) is 0.248. The van der Waals surface area contributed by atoms with E-state index in [1.54, 1.807) is 25.3 Å². The van der Waals surface area contributed by atoms with Gasteiger partial charge < -0.3 is 9.84 Å². The number of pyridine rings is 2. The van der Waals surface area contributed by atoms with Gasteiger partial charge in [0.1, 0.15) is 11.4 Å². The molecular formula is C12H9FN2O3. The topological polar surface area (TPSA) is 72.3 Å². The zero-order valence-electron chi connectivity index (χ0n) is 9.42. The van der Waals surface area contributed by atoms with Crippen molar-refractivity contribution in [3.63, 3.8) is 0 Å². The molecule has 0 aliphatic heterocycles. The molecule has 0 radical (unpaired) electrons. The van der Waals surface area contributed by atoms with Gasteiger partial charge in [-0.3, -0.25) is 4.98 Å². The molecule has 0 atom stereocenters. The van der Waals surface area contributed by atoms with Crippen molar-refractivity contribution in [1.29, 1.82) is 0 Å². The summed E-state index contributed by atoms with van der Waals surface area (Å²) in [7, 11) is 0. The molecule has 5 nitrogen and oxygen atoms in total. The van der Waals surface area contributed by atoms with Gasteiger partial charge >= 0.3 is 5.97 Å². The molecule has 2 aromatic rings. The van der Waals surface area contributed by atoms with E-state index in [0.29, 0.717) is 11.4 Å². The van der Waals surface area contributed by atoms with Gasteiger partial charge in [0, 0.05) is 6.20 Å². The fourth-order valence-corrected chi connectivity index (χ4v) is 1.34. The maximum atomic E-state index is 12.9. The fourth-order valence-electron chi connectivity index (χ4n) is 1.34. The molecule has 2 aromatic heterocycles. The molecule has 0 bridgehead atoms. The van der Waals surface area contributed by atoms with E-state index in [-0.39, 0.29) is 11.4 Å². The van der Waals surface area contributed by atoms with Gasteiger partial charge in [-0.2, -0.15) is 0 Å². The van der Waals surface area contributed by atoms with Crippen LogP contribution in [-0.2, 0) is 0 Å². The van der Waals surface area contributed by atoms with Crippen LogP contribution >= 0.6 is 0 Å². The molecule has 0 unspecified atom stereocenters. The number of aromatic nitrogens is 2. The minimum absolute atomic E-state index is 0.167. The number of nitrogens with zero attached hydrogens (tertiary/aromatic N) is 2. The third kappa shape index (κ3) is 2.42. The summed E-state index contributed by atoms with van der Waals surface area (Å²) in [5, 5.41) is 8.94. The Morgan fingerprint density at radius 2 is 2.22 bits per heavy atom. The highest BCUT2D eigenvalue weighted by Gasteiger charge is 2.15. The van der Waals surface area contributed by atoms with Gasteiger partial charge in [0.2, 0.25) is 5.88 Å². The van der Waals surface area contributed by atoms with E-state index in [4.69, 9.17) is 9.84 Å². The van der Waals surface area contributed by atoms with E-state index < -0.39 is 11.8 Å². The minimum Gasteiger partial charge on any atom is -0.477 e. The van der Waals surface area contributed by atoms with Crippen molar-refractivity contribution < 1.29 is 19.0 Å². The summed E-state index contributed by atoms with van der Waals surface area (Å²) >= 11 is 0. The van der Waals surface area contributed by atoms with Gasteiger partial charge in [0.05, 0.1) is 11.9 Å². The number of aryl methyl sites for hydroxylation is 1. The number of carbonyl (C=O) groups is 1. The van der Waals surface area contributed by atoms with Crippen LogP contribution in [0.2, 0.25) is 0 Å².